The summed E-state index contributed by atoms with van der Waals surface area (Å²) in [6.07, 6.45) is 1.99. The number of carbonyl (C=O) groups is 1. The molecule has 7 rings (SSSR count). The molecule has 1 aliphatic carbocycles. The first-order chi connectivity index (χ1) is 16.8. The second-order valence-corrected chi connectivity index (χ2v) is 10.2. The Morgan fingerprint density at radius 3 is 2.29 bits per heavy atom. The SMILES string of the molecule is O=C(N[C@H]1CO[C@H]2[C@@H]1OC[C@@H]2N1C2CCC1CNC2)OCC1c2ccccc2-c2ccccc21. The molecule has 0 saturated carbocycles. The lowest BCUT2D eigenvalue weighted by molar-refractivity contribution is 0.00795. The Labute approximate surface area is 199 Å². The first-order valence-corrected chi connectivity index (χ1v) is 12.6. The Hall–Kier alpha value is -2.45. The Morgan fingerprint density at radius 2 is 1.59 bits per heavy atom. The summed E-state index contributed by atoms with van der Waals surface area (Å²) in [6, 6.07) is 18.0. The molecule has 2 bridgehead atoms. The molecule has 178 valence electrons. The highest BCUT2D eigenvalue weighted by molar-refractivity contribution is 5.79. The fraction of sp³-hybridized carbons (Fsp3) is 0.519. The second-order valence-electron chi connectivity index (χ2n) is 10.2. The van der Waals surface area contributed by atoms with Crippen molar-refractivity contribution in [1.82, 2.24) is 15.5 Å². The fourth-order valence-electron chi connectivity index (χ4n) is 7.00. The number of nitrogens with one attached hydrogen (secondary N) is 2. The molecule has 0 spiro atoms. The summed E-state index contributed by atoms with van der Waals surface area (Å²) in [5.74, 6) is 0.0565. The third kappa shape index (κ3) is 3.29. The average Bonchev–Trinajstić information content (AvgIpc) is 3.59. The van der Waals surface area contributed by atoms with Crippen LogP contribution < -0.4 is 10.6 Å². The minimum absolute atomic E-state index is 0.0140. The van der Waals surface area contributed by atoms with Gasteiger partial charge in [-0.25, -0.2) is 4.79 Å². The Kier molecular flexibility index (Phi) is 5.12. The van der Waals surface area contributed by atoms with Gasteiger partial charge in [-0.2, -0.15) is 0 Å². The Bertz CT molecular complexity index is 1030. The van der Waals surface area contributed by atoms with Crippen LogP contribution >= 0.6 is 0 Å². The van der Waals surface area contributed by atoms with Gasteiger partial charge in [0.15, 0.2) is 0 Å². The summed E-state index contributed by atoms with van der Waals surface area (Å²) in [4.78, 5) is 15.4. The number of alkyl carbamates (subject to hydrolysis) is 1. The molecule has 6 atom stereocenters. The van der Waals surface area contributed by atoms with Crippen molar-refractivity contribution in [1.29, 1.82) is 0 Å². The van der Waals surface area contributed by atoms with Gasteiger partial charge in [0.25, 0.3) is 0 Å². The predicted octanol–water partition coefficient (Wildman–Crippen LogP) is 2.50. The number of hydrogen-bond donors (Lipinski definition) is 2. The van der Waals surface area contributed by atoms with Gasteiger partial charge in [-0.3, -0.25) is 4.90 Å². The van der Waals surface area contributed by atoms with Crippen molar-refractivity contribution in [2.75, 3.05) is 32.9 Å². The number of benzene rings is 2. The van der Waals surface area contributed by atoms with Crippen molar-refractivity contribution in [3.8, 4) is 11.1 Å². The van der Waals surface area contributed by atoms with E-state index in [1.807, 2.05) is 12.1 Å². The lowest BCUT2D eigenvalue weighted by atomic mass is 9.98. The van der Waals surface area contributed by atoms with Gasteiger partial charge in [-0.15, -0.1) is 0 Å². The van der Waals surface area contributed by atoms with E-state index in [1.165, 1.54) is 35.1 Å². The van der Waals surface area contributed by atoms with Crippen LogP contribution in [-0.2, 0) is 14.2 Å². The summed E-state index contributed by atoms with van der Waals surface area (Å²) >= 11 is 0. The highest BCUT2D eigenvalue weighted by Crippen LogP contribution is 2.44. The van der Waals surface area contributed by atoms with Crippen LogP contribution in [0.3, 0.4) is 0 Å². The zero-order valence-corrected chi connectivity index (χ0v) is 19.2. The van der Waals surface area contributed by atoms with Crippen molar-refractivity contribution < 1.29 is 19.0 Å². The number of fused-ring (bicyclic) bond motifs is 6. The number of amides is 1. The van der Waals surface area contributed by atoms with Gasteiger partial charge in [0.1, 0.15) is 18.8 Å². The molecule has 2 aromatic rings. The van der Waals surface area contributed by atoms with Crippen LogP contribution in [0, 0.1) is 0 Å². The van der Waals surface area contributed by atoms with E-state index in [0.717, 1.165) is 13.1 Å². The van der Waals surface area contributed by atoms with Gasteiger partial charge < -0.3 is 24.8 Å². The second kappa shape index (κ2) is 8.34. The van der Waals surface area contributed by atoms with Crippen LogP contribution in [0.5, 0.6) is 0 Å². The molecular formula is C27H31N3O4. The van der Waals surface area contributed by atoms with Crippen LogP contribution in [0.25, 0.3) is 11.1 Å². The predicted molar refractivity (Wildman–Crippen MR) is 127 cm³/mol. The molecule has 0 radical (unpaired) electrons. The third-order valence-electron chi connectivity index (χ3n) is 8.49. The van der Waals surface area contributed by atoms with Gasteiger partial charge in [-0.1, -0.05) is 48.5 Å². The van der Waals surface area contributed by atoms with E-state index >= 15 is 0 Å². The van der Waals surface area contributed by atoms with Crippen molar-refractivity contribution in [3.05, 3.63) is 59.7 Å². The van der Waals surface area contributed by atoms with E-state index < -0.39 is 6.09 Å². The number of nitrogens with zero attached hydrogens (tertiary/aromatic N) is 1. The average molecular weight is 462 g/mol. The first-order valence-electron chi connectivity index (χ1n) is 12.6. The Morgan fingerprint density at radius 1 is 0.941 bits per heavy atom. The number of piperazine rings is 1. The summed E-state index contributed by atoms with van der Waals surface area (Å²) in [5, 5.41) is 6.59. The van der Waals surface area contributed by atoms with Gasteiger partial charge in [0.2, 0.25) is 0 Å². The molecule has 4 heterocycles. The van der Waals surface area contributed by atoms with Crippen LogP contribution in [0.1, 0.15) is 29.9 Å². The van der Waals surface area contributed by atoms with Crippen LogP contribution in [0.4, 0.5) is 4.79 Å². The molecule has 7 nitrogen and oxygen atoms in total. The van der Waals surface area contributed by atoms with Crippen molar-refractivity contribution >= 4 is 6.09 Å². The zero-order chi connectivity index (χ0) is 22.6. The summed E-state index contributed by atoms with van der Waals surface area (Å²) in [7, 11) is 0. The number of carbonyl (C=O) groups excluding carboxylic acids is 1. The van der Waals surface area contributed by atoms with Gasteiger partial charge in [0, 0.05) is 31.1 Å². The van der Waals surface area contributed by atoms with Crippen LogP contribution in [0.2, 0.25) is 0 Å². The first kappa shape index (κ1) is 20.9. The monoisotopic (exact) mass is 461 g/mol. The molecular weight excluding hydrogens is 430 g/mol. The van der Waals surface area contributed by atoms with Gasteiger partial charge >= 0.3 is 6.09 Å². The normalized spacial score (nSPS) is 34.0. The molecule has 1 amide bonds. The summed E-state index contributed by atoms with van der Waals surface area (Å²) < 4.78 is 18.1. The quantitative estimate of drug-likeness (QED) is 0.729. The van der Waals surface area contributed by atoms with E-state index in [-0.39, 0.29) is 30.2 Å². The highest BCUT2D eigenvalue weighted by atomic mass is 16.6. The lowest BCUT2D eigenvalue weighted by Gasteiger charge is -2.40. The lowest BCUT2D eigenvalue weighted by Crippen LogP contribution is -2.59. The summed E-state index contributed by atoms with van der Waals surface area (Å²) in [5.41, 5.74) is 4.89. The van der Waals surface area contributed by atoms with Crippen molar-refractivity contribution in [3.63, 3.8) is 0 Å². The number of hydrogen-bond acceptors (Lipinski definition) is 6. The Balaban J connectivity index is 0.992. The fourth-order valence-corrected chi connectivity index (χ4v) is 7.00. The van der Waals surface area contributed by atoms with Crippen LogP contribution in [0.15, 0.2) is 48.5 Å². The molecule has 2 unspecified atom stereocenters. The number of ether oxygens (including phenoxy) is 3. The molecule has 2 aromatic carbocycles. The van der Waals surface area contributed by atoms with Crippen molar-refractivity contribution in [2.45, 2.75) is 55.1 Å². The molecule has 34 heavy (non-hydrogen) atoms. The highest BCUT2D eigenvalue weighted by Gasteiger charge is 2.54. The number of rotatable bonds is 4. The maximum atomic E-state index is 12.8. The molecule has 4 saturated heterocycles. The molecule has 2 N–H and O–H groups in total. The van der Waals surface area contributed by atoms with Gasteiger partial charge in [0.05, 0.1) is 25.3 Å². The topological polar surface area (TPSA) is 72.1 Å². The zero-order valence-electron chi connectivity index (χ0n) is 19.2. The molecule has 5 aliphatic rings. The molecule has 0 aromatic heterocycles. The minimum Gasteiger partial charge on any atom is -0.449 e. The van der Waals surface area contributed by atoms with E-state index in [2.05, 4.69) is 51.9 Å². The maximum absolute atomic E-state index is 12.8. The largest absolute Gasteiger partial charge is 0.449 e. The maximum Gasteiger partial charge on any atom is 0.407 e. The van der Waals surface area contributed by atoms with E-state index in [9.17, 15) is 4.79 Å². The minimum atomic E-state index is -0.398. The third-order valence-corrected chi connectivity index (χ3v) is 8.49. The molecule has 7 heteroatoms. The van der Waals surface area contributed by atoms with Crippen LogP contribution in [-0.4, -0.2) is 80.3 Å². The van der Waals surface area contributed by atoms with Crippen molar-refractivity contribution in [2.24, 2.45) is 0 Å². The van der Waals surface area contributed by atoms with Gasteiger partial charge in [-0.05, 0) is 35.1 Å². The van der Waals surface area contributed by atoms with E-state index in [4.69, 9.17) is 14.2 Å². The molecule has 4 fully saturated rings. The standard InChI is InChI=1S/C27H31N3O4/c31-27(34-13-22-20-7-3-1-5-18(20)19-6-2-4-8-21(19)22)29-23-14-32-26-24(15-33-25(23)26)30-16-9-10-17(30)12-28-11-16/h1-8,16-17,22-26,28H,9-15H2,(H,29,31)/t16?,17?,23-,24-,25+,26+/m0/s1. The summed E-state index contributed by atoms with van der Waals surface area (Å²) in [6.45, 7) is 3.55. The van der Waals surface area contributed by atoms with E-state index in [1.54, 1.807) is 0 Å². The molecule has 4 aliphatic heterocycles. The van der Waals surface area contributed by atoms with E-state index in [0.29, 0.717) is 31.9 Å². The smallest absolute Gasteiger partial charge is 0.407 e.